The van der Waals surface area contributed by atoms with E-state index in [1.807, 2.05) is 12.1 Å². The fraction of sp³-hybridized carbons (Fsp3) is 0.176. The Morgan fingerprint density at radius 1 is 0.864 bits per heavy atom. The molecule has 0 unspecified atom stereocenters. The van der Waals surface area contributed by atoms with Gasteiger partial charge in [0.15, 0.2) is 6.04 Å². The number of methoxy groups -OCH3 is 2. The highest BCUT2D eigenvalue weighted by molar-refractivity contribution is 5.96. The molecule has 5 heteroatoms. The average Bonchev–Trinajstić information content (AvgIpc) is 2.59. The molecular weight excluding hydrogens is 282 g/mol. The Hall–Kier alpha value is -2.82. The molecule has 0 fully saturated rings. The smallest absolute Gasteiger partial charge is 0.415 e. The highest BCUT2D eigenvalue weighted by atomic mass is 16.5. The van der Waals surface area contributed by atoms with Crippen LogP contribution in [-0.4, -0.2) is 26.3 Å². The molecule has 2 aromatic carbocycles. The number of amides is 1. The molecule has 0 aliphatic heterocycles. The second-order valence-corrected chi connectivity index (χ2v) is 4.51. The summed E-state index contributed by atoms with van der Waals surface area (Å²) in [6, 6.07) is 16.9. The molecule has 2 rings (SSSR count). The molecule has 0 aromatic heterocycles. The van der Waals surface area contributed by atoms with Gasteiger partial charge in [0.1, 0.15) is 0 Å². The topological polar surface area (TPSA) is 55.8 Å². The van der Waals surface area contributed by atoms with Gasteiger partial charge < -0.3 is 9.47 Å². The number of carbonyl (C=O) groups is 2. The van der Waals surface area contributed by atoms with E-state index < -0.39 is 18.1 Å². The minimum atomic E-state index is -0.916. The Morgan fingerprint density at radius 3 is 1.91 bits per heavy atom. The number of esters is 1. The van der Waals surface area contributed by atoms with E-state index >= 15 is 0 Å². The first kappa shape index (κ1) is 15.6. The maximum atomic E-state index is 12.3. The average molecular weight is 299 g/mol. The summed E-state index contributed by atoms with van der Waals surface area (Å²) in [5, 5.41) is 0. The Bertz CT molecular complexity index is 570. The van der Waals surface area contributed by atoms with E-state index in [1.54, 1.807) is 48.5 Å². The lowest BCUT2D eigenvalue weighted by Crippen LogP contribution is -2.39. The molecule has 0 spiro atoms. The first-order chi connectivity index (χ1) is 10.7. The fourth-order valence-electron chi connectivity index (χ4n) is 2.18. The van der Waals surface area contributed by atoms with Crippen LogP contribution in [-0.2, 0) is 14.3 Å². The molecule has 114 valence electrons. The lowest BCUT2D eigenvalue weighted by molar-refractivity contribution is -0.142. The minimum absolute atomic E-state index is 0.541. The van der Waals surface area contributed by atoms with E-state index in [9.17, 15) is 9.59 Å². The molecule has 1 atom stereocenters. The van der Waals surface area contributed by atoms with Gasteiger partial charge in [0.2, 0.25) is 0 Å². The summed E-state index contributed by atoms with van der Waals surface area (Å²) in [4.78, 5) is 25.8. The van der Waals surface area contributed by atoms with Crippen molar-refractivity contribution >= 4 is 17.7 Å². The van der Waals surface area contributed by atoms with Crippen LogP contribution in [0.1, 0.15) is 11.6 Å². The molecule has 5 nitrogen and oxygen atoms in total. The van der Waals surface area contributed by atoms with Crippen LogP contribution in [0.25, 0.3) is 0 Å². The third kappa shape index (κ3) is 3.25. The van der Waals surface area contributed by atoms with Crippen molar-refractivity contribution in [2.45, 2.75) is 6.04 Å². The third-order valence-corrected chi connectivity index (χ3v) is 3.20. The molecule has 0 aliphatic rings. The molecule has 0 radical (unpaired) electrons. The second-order valence-electron chi connectivity index (χ2n) is 4.51. The zero-order valence-electron chi connectivity index (χ0n) is 12.4. The van der Waals surface area contributed by atoms with Crippen LogP contribution in [0.2, 0.25) is 0 Å². The quantitative estimate of drug-likeness (QED) is 0.814. The van der Waals surface area contributed by atoms with Gasteiger partial charge in [-0.05, 0) is 17.7 Å². The number of carbonyl (C=O) groups excluding carboxylic acids is 2. The molecule has 2 aromatic rings. The number of anilines is 1. The summed E-state index contributed by atoms with van der Waals surface area (Å²) < 4.78 is 9.72. The summed E-state index contributed by atoms with van der Waals surface area (Å²) in [7, 11) is 2.57. The molecule has 0 N–H and O–H groups in total. The van der Waals surface area contributed by atoms with Crippen LogP contribution in [0, 0.1) is 0 Å². The van der Waals surface area contributed by atoms with E-state index in [0.717, 1.165) is 0 Å². The number of ether oxygens (including phenoxy) is 2. The molecular formula is C17H17NO4. The number of para-hydroxylation sites is 1. The summed E-state index contributed by atoms with van der Waals surface area (Å²) in [6.45, 7) is 0. The van der Waals surface area contributed by atoms with E-state index in [1.165, 1.54) is 19.1 Å². The first-order valence-corrected chi connectivity index (χ1v) is 6.74. The number of rotatable bonds is 4. The standard InChI is InChI=1S/C17H17NO4/c1-21-16(19)15(13-9-5-3-6-10-13)18(17(20)22-2)14-11-7-4-8-12-14/h3-12,15H,1-2H3/t15-/m1/s1. The van der Waals surface area contributed by atoms with Gasteiger partial charge in [-0.25, -0.2) is 9.59 Å². The van der Waals surface area contributed by atoms with Crippen molar-refractivity contribution < 1.29 is 19.1 Å². The first-order valence-electron chi connectivity index (χ1n) is 6.74. The van der Waals surface area contributed by atoms with Crippen LogP contribution in [0.3, 0.4) is 0 Å². The maximum Gasteiger partial charge on any atom is 0.415 e. The van der Waals surface area contributed by atoms with Crippen LogP contribution in [0.4, 0.5) is 10.5 Å². The Balaban J connectivity index is 2.54. The van der Waals surface area contributed by atoms with E-state index in [0.29, 0.717) is 11.3 Å². The highest BCUT2D eigenvalue weighted by Crippen LogP contribution is 2.29. The van der Waals surface area contributed by atoms with Gasteiger partial charge in [-0.2, -0.15) is 0 Å². The van der Waals surface area contributed by atoms with Gasteiger partial charge in [-0.15, -0.1) is 0 Å². The van der Waals surface area contributed by atoms with Gasteiger partial charge in [-0.3, -0.25) is 4.90 Å². The summed E-state index contributed by atoms with van der Waals surface area (Å²) >= 11 is 0. The molecule has 0 saturated carbocycles. The zero-order chi connectivity index (χ0) is 15.9. The lowest BCUT2D eigenvalue weighted by atomic mass is 10.0. The van der Waals surface area contributed by atoms with Crippen LogP contribution >= 0.6 is 0 Å². The van der Waals surface area contributed by atoms with Gasteiger partial charge >= 0.3 is 12.1 Å². The lowest BCUT2D eigenvalue weighted by Gasteiger charge is -2.29. The number of hydrogen-bond donors (Lipinski definition) is 0. The summed E-state index contributed by atoms with van der Waals surface area (Å²) in [6.07, 6.45) is -0.634. The Labute approximate surface area is 129 Å². The summed E-state index contributed by atoms with van der Waals surface area (Å²) in [5.74, 6) is -0.541. The largest absolute Gasteiger partial charge is 0.467 e. The number of hydrogen-bond acceptors (Lipinski definition) is 4. The van der Waals surface area contributed by atoms with Crippen molar-refractivity contribution in [3.63, 3.8) is 0 Å². The second kappa shape index (κ2) is 7.26. The molecule has 22 heavy (non-hydrogen) atoms. The maximum absolute atomic E-state index is 12.3. The normalized spacial score (nSPS) is 11.4. The molecule has 0 heterocycles. The van der Waals surface area contributed by atoms with Gasteiger partial charge in [-0.1, -0.05) is 48.5 Å². The Morgan fingerprint density at radius 2 is 1.41 bits per heavy atom. The zero-order valence-corrected chi connectivity index (χ0v) is 12.4. The predicted molar refractivity (Wildman–Crippen MR) is 82.5 cm³/mol. The van der Waals surface area contributed by atoms with E-state index in [2.05, 4.69) is 0 Å². The monoisotopic (exact) mass is 299 g/mol. The van der Waals surface area contributed by atoms with Crippen LogP contribution in [0.5, 0.6) is 0 Å². The number of benzene rings is 2. The molecule has 0 bridgehead atoms. The minimum Gasteiger partial charge on any atom is -0.467 e. The van der Waals surface area contributed by atoms with Gasteiger partial charge in [0.25, 0.3) is 0 Å². The van der Waals surface area contributed by atoms with Gasteiger partial charge in [0.05, 0.1) is 14.2 Å². The van der Waals surface area contributed by atoms with Crippen molar-refractivity contribution in [3.8, 4) is 0 Å². The molecule has 0 aliphatic carbocycles. The highest BCUT2D eigenvalue weighted by Gasteiger charge is 2.34. The molecule has 0 saturated heterocycles. The predicted octanol–water partition coefficient (Wildman–Crippen LogP) is 3.17. The van der Waals surface area contributed by atoms with E-state index in [-0.39, 0.29) is 0 Å². The van der Waals surface area contributed by atoms with Crippen LogP contribution < -0.4 is 4.90 Å². The van der Waals surface area contributed by atoms with Crippen molar-refractivity contribution in [3.05, 3.63) is 66.2 Å². The number of nitrogens with zero attached hydrogens (tertiary/aromatic N) is 1. The fourth-order valence-corrected chi connectivity index (χ4v) is 2.18. The van der Waals surface area contributed by atoms with E-state index in [4.69, 9.17) is 9.47 Å². The summed E-state index contributed by atoms with van der Waals surface area (Å²) in [5.41, 5.74) is 1.19. The van der Waals surface area contributed by atoms with Crippen LogP contribution in [0.15, 0.2) is 60.7 Å². The van der Waals surface area contributed by atoms with Crippen molar-refractivity contribution in [2.24, 2.45) is 0 Å². The third-order valence-electron chi connectivity index (χ3n) is 3.20. The van der Waals surface area contributed by atoms with Gasteiger partial charge in [0, 0.05) is 5.69 Å². The molecule has 1 amide bonds. The Kier molecular flexibility index (Phi) is 5.14. The van der Waals surface area contributed by atoms with Crippen molar-refractivity contribution in [1.82, 2.24) is 0 Å². The SMILES string of the molecule is COC(=O)[C@@H](c1ccccc1)N(C(=O)OC)c1ccccc1. The van der Waals surface area contributed by atoms with Crippen molar-refractivity contribution in [2.75, 3.05) is 19.1 Å². The van der Waals surface area contributed by atoms with Crippen molar-refractivity contribution in [1.29, 1.82) is 0 Å².